The van der Waals surface area contributed by atoms with Crippen molar-refractivity contribution in [3.8, 4) is 11.3 Å². The number of hydrogen-bond donors (Lipinski definition) is 1. The highest BCUT2D eigenvalue weighted by atomic mass is 79.9. The number of aryl methyl sites for hydroxylation is 1. The van der Waals surface area contributed by atoms with Gasteiger partial charge >= 0.3 is 5.97 Å². The molecule has 0 aliphatic rings. The lowest BCUT2D eigenvalue weighted by Gasteiger charge is -2.01. The van der Waals surface area contributed by atoms with Gasteiger partial charge in [0.15, 0.2) is 5.76 Å². The first-order valence-corrected chi connectivity index (χ1v) is 6.80. The van der Waals surface area contributed by atoms with Gasteiger partial charge in [-0.2, -0.15) is 0 Å². The highest BCUT2D eigenvalue weighted by Gasteiger charge is 2.22. The molecular formula is C12H9Br2NO3. The Balaban J connectivity index is 2.60. The zero-order valence-electron chi connectivity index (χ0n) is 9.41. The standard InChI is InChI=1S/C12H9Br2NO3/c1-2-9-10(12(16)17)11(15-18-9)6-3-4-7(13)8(14)5-6/h3-5H,2H2,1H3,(H,16,17). The maximum atomic E-state index is 11.3. The lowest BCUT2D eigenvalue weighted by atomic mass is 10.1. The van der Waals surface area contributed by atoms with Gasteiger partial charge < -0.3 is 9.63 Å². The molecule has 0 bridgehead atoms. The Bertz CT molecular complexity index is 607. The normalized spacial score (nSPS) is 10.6. The predicted octanol–water partition coefficient (Wildman–Crippen LogP) is 4.13. The Labute approximate surface area is 120 Å². The van der Waals surface area contributed by atoms with Crippen LogP contribution in [-0.4, -0.2) is 16.2 Å². The topological polar surface area (TPSA) is 63.3 Å². The van der Waals surface area contributed by atoms with Crippen molar-refractivity contribution < 1.29 is 14.4 Å². The summed E-state index contributed by atoms with van der Waals surface area (Å²) in [6.45, 7) is 1.83. The summed E-state index contributed by atoms with van der Waals surface area (Å²) >= 11 is 6.74. The third-order valence-corrected chi connectivity index (χ3v) is 4.37. The number of benzene rings is 1. The number of carboxylic acid groups (broad SMARTS) is 1. The maximum absolute atomic E-state index is 11.3. The number of halogens is 2. The number of aromatic carboxylic acids is 1. The third-order valence-electron chi connectivity index (χ3n) is 2.49. The molecule has 1 aromatic carbocycles. The van der Waals surface area contributed by atoms with Gasteiger partial charge in [-0.3, -0.25) is 0 Å². The second-order valence-corrected chi connectivity index (χ2v) is 5.33. The summed E-state index contributed by atoms with van der Waals surface area (Å²) in [7, 11) is 0. The fourth-order valence-electron chi connectivity index (χ4n) is 1.63. The molecule has 1 aromatic heterocycles. The van der Waals surface area contributed by atoms with Crippen molar-refractivity contribution >= 4 is 37.8 Å². The van der Waals surface area contributed by atoms with Crippen molar-refractivity contribution in [3.63, 3.8) is 0 Å². The summed E-state index contributed by atoms with van der Waals surface area (Å²) in [6, 6.07) is 5.41. The van der Waals surface area contributed by atoms with Crippen molar-refractivity contribution in [2.75, 3.05) is 0 Å². The molecule has 0 aliphatic carbocycles. The van der Waals surface area contributed by atoms with E-state index >= 15 is 0 Å². The quantitative estimate of drug-likeness (QED) is 0.877. The van der Waals surface area contributed by atoms with E-state index in [-0.39, 0.29) is 5.56 Å². The molecule has 1 N–H and O–H groups in total. The van der Waals surface area contributed by atoms with Gasteiger partial charge in [-0.05, 0) is 44.0 Å². The van der Waals surface area contributed by atoms with Gasteiger partial charge in [-0.25, -0.2) is 4.79 Å². The third kappa shape index (κ3) is 2.35. The number of rotatable bonds is 3. The number of carboxylic acids is 1. The lowest BCUT2D eigenvalue weighted by Crippen LogP contribution is -2.00. The van der Waals surface area contributed by atoms with Gasteiger partial charge in [0.2, 0.25) is 0 Å². The second kappa shape index (κ2) is 5.24. The number of carbonyl (C=O) groups is 1. The maximum Gasteiger partial charge on any atom is 0.341 e. The zero-order valence-corrected chi connectivity index (χ0v) is 12.6. The van der Waals surface area contributed by atoms with E-state index in [0.29, 0.717) is 23.4 Å². The Morgan fingerprint density at radius 2 is 2.11 bits per heavy atom. The zero-order chi connectivity index (χ0) is 13.3. The van der Waals surface area contributed by atoms with Gasteiger partial charge in [-0.15, -0.1) is 0 Å². The highest BCUT2D eigenvalue weighted by Crippen LogP contribution is 2.31. The minimum absolute atomic E-state index is 0.131. The van der Waals surface area contributed by atoms with E-state index < -0.39 is 5.97 Å². The van der Waals surface area contributed by atoms with E-state index in [4.69, 9.17) is 4.52 Å². The first kappa shape index (κ1) is 13.3. The van der Waals surface area contributed by atoms with Crippen molar-refractivity contribution in [1.29, 1.82) is 0 Å². The van der Waals surface area contributed by atoms with E-state index in [9.17, 15) is 9.90 Å². The summed E-state index contributed by atoms with van der Waals surface area (Å²) < 4.78 is 6.79. The molecule has 0 radical (unpaired) electrons. The fraction of sp³-hybridized carbons (Fsp3) is 0.167. The average Bonchev–Trinajstić information content (AvgIpc) is 2.76. The molecule has 0 saturated carbocycles. The monoisotopic (exact) mass is 373 g/mol. The smallest absolute Gasteiger partial charge is 0.341 e. The van der Waals surface area contributed by atoms with E-state index in [1.165, 1.54) is 0 Å². The summed E-state index contributed by atoms with van der Waals surface area (Å²) in [5.74, 6) is -0.640. The molecule has 0 fully saturated rings. The first-order valence-electron chi connectivity index (χ1n) is 5.21. The molecule has 0 saturated heterocycles. The van der Waals surface area contributed by atoms with E-state index in [1.54, 1.807) is 12.1 Å². The van der Waals surface area contributed by atoms with Gasteiger partial charge in [-0.1, -0.05) is 18.1 Å². The van der Waals surface area contributed by atoms with Crippen molar-refractivity contribution in [1.82, 2.24) is 5.16 Å². The molecule has 2 aromatic rings. The summed E-state index contributed by atoms with van der Waals surface area (Å²) in [5, 5.41) is 13.1. The SMILES string of the molecule is CCc1onc(-c2ccc(Br)c(Br)c2)c1C(=O)O. The summed E-state index contributed by atoms with van der Waals surface area (Å²) in [5.41, 5.74) is 1.19. The van der Waals surface area contributed by atoms with Gasteiger partial charge in [0.25, 0.3) is 0 Å². The fourth-order valence-corrected chi connectivity index (χ4v) is 2.25. The van der Waals surface area contributed by atoms with Crippen LogP contribution in [0.15, 0.2) is 31.7 Å². The largest absolute Gasteiger partial charge is 0.477 e. The van der Waals surface area contributed by atoms with Crippen LogP contribution in [0.25, 0.3) is 11.3 Å². The minimum Gasteiger partial charge on any atom is -0.477 e. The minimum atomic E-state index is -1.03. The van der Waals surface area contributed by atoms with E-state index in [1.807, 2.05) is 13.0 Å². The van der Waals surface area contributed by atoms with E-state index in [0.717, 1.165) is 8.95 Å². The molecular weight excluding hydrogens is 366 g/mol. The molecule has 2 rings (SSSR count). The number of aromatic nitrogens is 1. The van der Waals surface area contributed by atoms with Crippen LogP contribution in [0.5, 0.6) is 0 Å². The van der Waals surface area contributed by atoms with Crippen LogP contribution < -0.4 is 0 Å². The van der Waals surface area contributed by atoms with Crippen LogP contribution in [-0.2, 0) is 6.42 Å². The molecule has 18 heavy (non-hydrogen) atoms. The van der Waals surface area contributed by atoms with Crippen LogP contribution in [0, 0.1) is 0 Å². The lowest BCUT2D eigenvalue weighted by molar-refractivity contribution is 0.0695. The van der Waals surface area contributed by atoms with Crippen molar-refractivity contribution in [2.45, 2.75) is 13.3 Å². The van der Waals surface area contributed by atoms with Gasteiger partial charge in [0.1, 0.15) is 11.3 Å². The predicted molar refractivity (Wildman–Crippen MR) is 73.7 cm³/mol. The Morgan fingerprint density at radius 3 is 2.67 bits per heavy atom. The molecule has 0 unspecified atom stereocenters. The Kier molecular flexibility index (Phi) is 3.87. The summed E-state index contributed by atoms with van der Waals surface area (Å²) in [6.07, 6.45) is 0.492. The second-order valence-electron chi connectivity index (χ2n) is 3.62. The first-order chi connectivity index (χ1) is 8.54. The van der Waals surface area contributed by atoms with Crippen LogP contribution in [0.2, 0.25) is 0 Å². The van der Waals surface area contributed by atoms with Crippen LogP contribution in [0.3, 0.4) is 0 Å². The van der Waals surface area contributed by atoms with E-state index in [2.05, 4.69) is 37.0 Å². The molecule has 4 nitrogen and oxygen atoms in total. The molecule has 0 aliphatic heterocycles. The van der Waals surface area contributed by atoms with Crippen molar-refractivity contribution in [2.24, 2.45) is 0 Å². The van der Waals surface area contributed by atoms with Crippen molar-refractivity contribution in [3.05, 3.63) is 38.5 Å². The molecule has 0 spiro atoms. The van der Waals surface area contributed by atoms with Crippen LogP contribution in [0.1, 0.15) is 23.0 Å². The summed E-state index contributed by atoms with van der Waals surface area (Å²) in [4.78, 5) is 11.3. The van der Waals surface area contributed by atoms with Gasteiger partial charge in [0, 0.05) is 20.9 Å². The highest BCUT2D eigenvalue weighted by molar-refractivity contribution is 9.13. The molecule has 0 amide bonds. The number of hydrogen-bond acceptors (Lipinski definition) is 3. The number of nitrogens with zero attached hydrogens (tertiary/aromatic N) is 1. The average molecular weight is 375 g/mol. The Morgan fingerprint density at radius 1 is 1.39 bits per heavy atom. The molecule has 6 heteroatoms. The molecule has 0 atom stereocenters. The van der Waals surface area contributed by atoms with Crippen LogP contribution >= 0.6 is 31.9 Å². The van der Waals surface area contributed by atoms with Gasteiger partial charge in [0.05, 0.1) is 0 Å². The van der Waals surface area contributed by atoms with Crippen LogP contribution in [0.4, 0.5) is 0 Å². The molecule has 94 valence electrons. The Hall–Kier alpha value is -1.14. The molecule has 1 heterocycles.